The van der Waals surface area contributed by atoms with Crippen LogP contribution in [0.3, 0.4) is 0 Å². The molecule has 1 rings (SSSR count). The lowest BCUT2D eigenvalue weighted by Crippen LogP contribution is -2.42. The van der Waals surface area contributed by atoms with Gasteiger partial charge in [0, 0.05) is 5.25 Å². The fourth-order valence-electron chi connectivity index (χ4n) is 2.08. The molecule has 4 heteroatoms. The summed E-state index contributed by atoms with van der Waals surface area (Å²) in [6.45, 7) is 10.2. The molecule has 1 aliphatic carbocycles. The van der Waals surface area contributed by atoms with Gasteiger partial charge in [0.2, 0.25) is 0 Å². The van der Waals surface area contributed by atoms with Gasteiger partial charge in [0.15, 0.2) is 0 Å². The van der Waals surface area contributed by atoms with Crippen molar-refractivity contribution < 1.29 is 5.11 Å². The van der Waals surface area contributed by atoms with E-state index >= 15 is 0 Å². The smallest absolute Gasteiger partial charge is 0.0741 e. The highest BCUT2D eigenvalue weighted by Gasteiger charge is 2.38. The maximum Gasteiger partial charge on any atom is 0.0741 e. The minimum atomic E-state index is -0.742. The lowest BCUT2D eigenvalue weighted by Gasteiger charge is -2.40. The monoisotopic (exact) mass is 264 g/mol. The van der Waals surface area contributed by atoms with E-state index in [0.717, 1.165) is 19.3 Å². The van der Waals surface area contributed by atoms with E-state index in [-0.39, 0.29) is 0 Å². The Morgan fingerprint density at radius 1 is 1.67 bits per heavy atom. The van der Waals surface area contributed by atoms with Gasteiger partial charge in [-0.2, -0.15) is 0 Å². The van der Waals surface area contributed by atoms with Gasteiger partial charge >= 0.3 is 0 Å². The molecule has 1 unspecified atom stereocenters. The summed E-state index contributed by atoms with van der Waals surface area (Å²) in [7, 11) is 0. The Bertz CT molecular complexity index is 276. The van der Waals surface area contributed by atoms with Crippen molar-refractivity contribution in [2.45, 2.75) is 44.0 Å². The van der Waals surface area contributed by atoms with Gasteiger partial charge < -0.3 is 5.11 Å². The summed E-state index contributed by atoms with van der Waals surface area (Å²) in [5.74, 6) is -0.160. The maximum atomic E-state index is 10.3. The molecule has 0 aromatic rings. The van der Waals surface area contributed by atoms with Crippen LogP contribution in [0.15, 0.2) is 12.2 Å². The zero-order valence-electron chi connectivity index (χ0n) is 9.75. The average Bonchev–Trinajstić information content (AvgIpc) is 2.07. The molecule has 1 nitrogen and oxygen atoms in total. The van der Waals surface area contributed by atoms with E-state index in [4.69, 9.17) is 11.8 Å². The third-order valence-corrected chi connectivity index (χ3v) is 7.23. The van der Waals surface area contributed by atoms with E-state index in [0.29, 0.717) is 11.2 Å². The molecule has 0 spiro atoms. The molecule has 1 N–H and O–H groups in total. The van der Waals surface area contributed by atoms with Gasteiger partial charge in [-0.1, -0.05) is 24.0 Å². The molecule has 0 aliphatic heterocycles. The number of hydrogen-bond donors (Lipinski definition) is 1. The molecule has 0 bridgehead atoms. The van der Waals surface area contributed by atoms with E-state index in [1.807, 2.05) is 18.3 Å². The summed E-state index contributed by atoms with van der Waals surface area (Å²) < 4.78 is 0. The third kappa shape index (κ3) is 3.89. The molecular formula is C11H21OPS2. The molecule has 0 aromatic carbocycles. The number of aliphatic hydroxyl groups is 1. The summed E-state index contributed by atoms with van der Waals surface area (Å²) >= 11 is 7.13. The van der Waals surface area contributed by atoms with E-state index in [1.54, 1.807) is 0 Å². The topological polar surface area (TPSA) is 20.2 Å². The molecule has 0 amide bonds. The van der Waals surface area contributed by atoms with E-state index in [2.05, 4.69) is 20.2 Å². The predicted molar refractivity (Wildman–Crippen MR) is 75.8 cm³/mol. The van der Waals surface area contributed by atoms with Gasteiger partial charge in [-0.05, 0) is 51.6 Å². The average molecular weight is 264 g/mol. The summed E-state index contributed by atoms with van der Waals surface area (Å²) in [4.78, 5) is 0. The lowest BCUT2D eigenvalue weighted by molar-refractivity contribution is 0.0198. The molecule has 4 atom stereocenters. The zero-order valence-corrected chi connectivity index (χ0v) is 12.4. The Hall–Kier alpha value is 0.700. The molecular weight excluding hydrogens is 243 g/mol. The summed E-state index contributed by atoms with van der Waals surface area (Å²) in [6.07, 6.45) is 3.00. The Morgan fingerprint density at radius 3 is 2.73 bits per heavy atom. The molecule has 0 aromatic heterocycles. The van der Waals surface area contributed by atoms with Crippen molar-refractivity contribution in [3.8, 4) is 0 Å². The van der Waals surface area contributed by atoms with Crippen LogP contribution in [0.25, 0.3) is 0 Å². The van der Waals surface area contributed by atoms with E-state index < -0.39 is 11.5 Å². The van der Waals surface area contributed by atoms with Gasteiger partial charge in [-0.25, -0.2) is 0 Å². The molecule has 0 radical (unpaired) electrons. The Kier molecular flexibility index (Phi) is 4.91. The number of allylic oxidation sites excluding steroid dienone is 1. The normalized spacial score (nSPS) is 38.7. The first kappa shape index (κ1) is 13.8. The van der Waals surface area contributed by atoms with Crippen molar-refractivity contribution in [2.75, 3.05) is 6.66 Å². The van der Waals surface area contributed by atoms with E-state index in [1.165, 1.54) is 5.57 Å². The summed E-state index contributed by atoms with van der Waals surface area (Å²) in [5.41, 5.74) is 0.729. The Balaban J connectivity index is 2.70. The minimum Gasteiger partial charge on any atom is -0.389 e. The van der Waals surface area contributed by atoms with Crippen LogP contribution in [0.4, 0.5) is 0 Å². The number of hydrogen-bond acceptors (Lipinski definition) is 3. The highest BCUT2D eigenvalue weighted by molar-refractivity contribution is 8.64. The van der Waals surface area contributed by atoms with Crippen LogP contribution >= 0.6 is 17.3 Å². The van der Waals surface area contributed by atoms with Crippen LogP contribution in [0.5, 0.6) is 0 Å². The van der Waals surface area contributed by atoms with Crippen LogP contribution in [-0.2, 0) is 11.8 Å². The van der Waals surface area contributed by atoms with Crippen LogP contribution in [0, 0.1) is 5.92 Å². The zero-order chi connectivity index (χ0) is 11.6. The first-order valence-electron chi connectivity index (χ1n) is 5.38. The first-order chi connectivity index (χ1) is 6.83. The highest BCUT2D eigenvalue weighted by atomic mass is 32.9. The van der Waals surface area contributed by atoms with Crippen LogP contribution in [0.1, 0.15) is 33.1 Å². The first-order valence-corrected chi connectivity index (χ1v) is 10.1. The maximum absolute atomic E-state index is 10.3. The molecule has 1 saturated carbocycles. The van der Waals surface area contributed by atoms with Crippen molar-refractivity contribution in [3.05, 3.63) is 12.2 Å². The third-order valence-electron chi connectivity index (χ3n) is 3.20. The van der Waals surface area contributed by atoms with Gasteiger partial charge in [0.25, 0.3) is 0 Å². The second kappa shape index (κ2) is 5.35. The SMILES string of the molecule is C=C(C)[C@@H]1CC[C@](C)(O)[C@@H](S[PH](C)=S)C1. The summed E-state index contributed by atoms with van der Waals surface area (Å²) in [5, 5.41) is 10.6. The number of rotatable bonds is 3. The second-order valence-electron chi connectivity index (χ2n) is 4.77. The molecule has 1 aliphatic rings. The molecule has 0 saturated heterocycles. The predicted octanol–water partition coefficient (Wildman–Crippen LogP) is 3.44. The van der Waals surface area contributed by atoms with Crippen LogP contribution < -0.4 is 0 Å². The summed E-state index contributed by atoms with van der Waals surface area (Å²) in [6, 6.07) is 0. The lowest BCUT2D eigenvalue weighted by atomic mass is 9.77. The molecule has 15 heavy (non-hydrogen) atoms. The fourth-order valence-corrected chi connectivity index (χ4v) is 6.48. The molecule has 1 fully saturated rings. The fraction of sp³-hybridized carbons (Fsp3) is 0.818. The van der Waals surface area contributed by atoms with E-state index in [9.17, 15) is 5.11 Å². The Morgan fingerprint density at radius 2 is 2.27 bits per heavy atom. The highest BCUT2D eigenvalue weighted by Crippen LogP contribution is 2.49. The van der Waals surface area contributed by atoms with Crippen LogP contribution in [-0.4, -0.2) is 22.6 Å². The van der Waals surface area contributed by atoms with Crippen molar-refractivity contribution >= 4 is 29.1 Å². The van der Waals surface area contributed by atoms with Gasteiger partial charge in [-0.15, -0.1) is 11.4 Å². The van der Waals surface area contributed by atoms with Crippen molar-refractivity contribution in [1.82, 2.24) is 0 Å². The second-order valence-corrected chi connectivity index (χ2v) is 11.7. The Labute approximate surface area is 103 Å². The van der Waals surface area contributed by atoms with Crippen LogP contribution in [0.2, 0.25) is 0 Å². The quantitative estimate of drug-likeness (QED) is 0.623. The molecule has 0 heterocycles. The van der Waals surface area contributed by atoms with Crippen molar-refractivity contribution in [2.24, 2.45) is 5.92 Å². The van der Waals surface area contributed by atoms with Gasteiger partial charge in [0.05, 0.1) is 5.60 Å². The van der Waals surface area contributed by atoms with Crippen molar-refractivity contribution in [1.29, 1.82) is 0 Å². The van der Waals surface area contributed by atoms with Gasteiger partial charge in [-0.3, -0.25) is 0 Å². The van der Waals surface area contributed by atoms with Gasteiger partial charge in [0.1, 0.15) is 0 Å². The standard InChI is InChI=1S/C11H21OPS2/c1-8(2)9-5-6-11(3,12)10(7-9)15-13(4)14/h9-10,12-13H,1,5-7H2,2-4H3/t9-,10+,11+/m1/s1. The minimum absolute atomic E-state index is 0.310. The molecule has 88 valence electrons. The van der Waals surface area contributed by atoms with Crippen molar-refractivity contribution in [3.63, 3.8) is 0 Å². The largest absolute Gasteiger partial charge is 0.389 e.